The summed E-state index contributed by atoms with van der Waals surface area (Å²) in [6, 6.07) is 13.9. The van der Waals surface area contributed by atoms with Crippen molar-refractivity contribution in [2.75, 3.05) is 19.7 Å². The lowest BCUT2D eigenvalue weighted by Crippen LogP contribution is -2.31. The zero-order valence-corrected chi connectivity index (χ0v) is 16.0. The molecule has 0 amide bonds. The third-order valence-electron chi connectivity index (χ3n) is 4.91. The number of nitrogens with one attached hydrogen (secondary N) is 1. The minimum absolute atomic E-state index is 0.656. The first-order chi connectivity index (χ1) is 13.3. The Balaban J connectivity index is 1.21. The van der Waals surface area contributed by atoms with Gasteiger partial charge < -0.3 is 4.74 Å². The first kappa shape index (κ1) is 18.0. The van der Waals surface area contributed by atoms with Crippen molar-refractivity contribution >= 4 is 11.6 Å². The van der Waals surface area contributed by atoms with Crippen molar-refractivity contribution in [3.63, 3.8) is 0 Å². The normalized spacial score (nSPS) is 14.1. The molecular weight excluding hydrogens is 360 g/mol. The topological polar surface area (TPSA) is 54.0 Å². The lowest BCUT2D eigenvalue weighted by Gasteiger charge is -2.29. The molecule has 0 aliphatic carbocycles. The highest BCUT2D eigenvalue weighted by Crippen LogP contribution is 2.26. The highest BCUT2D eigenvalue weighted by molar-refractivity contribution is 6.31. The summed E-state index contributed by atoms with van der Waals surface area (Å²) in [6.07, 6.45) is 4.87. The van der Waals surface area contributed by atoms with Crippen LogP contribution < -0.4 is 4.74 Å². The van der Waals surface area contributed by atoms with Gasteiger partial charge in [0.15, 0.2) is 0 Å². The van der Waals surface area contributed by atoms with Gasteiger partial charge in [-0.3, -0.25) is 10.00 Å². The Labute approximate surface area is 164 Å². The molecule has 2 aromatic heterocycles. The van der Waals surface area contributed by atoms with Crippen molar-refractivity contribution in [3.8, 4) is 17.3 Å². The lowest BCUT2D eigenvalue weighted by molar-refractivity contribution is 0.233. The zero-order valence-electron chi connectivity index (χ0n) is 15.2. The average molecular weight is 383 g/mol. The molecule has 0 atom stereocenters. The predicted molar refractivity (Wildman–Crippen MR) is 107 cm³/mol. The first-order valence-corrected chi connectivity index (χ1v) is 9.75. The number of hydrogen-bond acceptors (Lipinski definition) is 4. The van der Waals surface area contributed by atoms with E-state index in [4.69, 9.17) is 16.3 Å². The van der Waals surface area contributed by atoms with Crippen LogP contribution in [0.1, 0.15) is 24.0 Å². The lowest BCUT2D eigenvalue weighted by atomic mass is 9.99. The van der Waals surface area contributed by atoms with Crippen LogP contribution in [0.5, 0.6) is 5.88 Å². The fourth-order valence-electron chi connectivity index (χ4n) is 3.47. The molecule has 0 saturated carbocycles. The molecule has 0 bridgehead atoms. The molecule has 3 aromatic rings. The molecular formula is C21H23ClN4O. The number of H-pyrrole nitrogens is 1. The van der Waals surface area contributed by atoms with Crippen molar-refractivity contribution in [1.82, 2.24) is 20.1 Å². The molecule has 1 aliphatic rings. The molecule has 27 heavy (non-hydrogen) atoms. The van der Waals surface area contributed by atoms with Crippen molar-refractivity contribution in [2.45, 2.75) is 25.8 Å². The second kappa shape index (κ2) is 8.55. The Morgan fingerprint density at radius 2 is 2.04 bits per heavy atom. The molecule has 4 rings (SSSR count). The van der Waals surface area contributed by atoms with Crippen molar-refractivity contribution in [1.29, 1.82) is 0 Å². The van der Waals surface area contributed by atoms with E-state index in [-0.39, 0.29) is 0 Å². The van der Waals surface area contributed by atoms with Crippen molar-refractivity contribution in [2.24, 2.45) is 0 Å². The van der Waals surface area contributed by atoms with Crippen molar-refractivity contribution in [3.05, 3.63) is 64.8 Å². The highest BCUT2D eigenvalue weighted by Gasteiger charge is 2.17. The van der Waals surface area contributed by atoms with Gasteiger partial charge in [-0.2, -0.15) is 5.10 Å². The van der Waals surface area contributed by atoms with Crippen LogP contribution in [-0.4, -0.2) is 39.8 Å². The zero-order chi connectivity index (χ0) is 18.5. The number of halogens is 1. The van der Waals surface area contributed by atoms with E-state index in [1.807, 2.05) is 36.4 Å². The van der Waals surface area contributed by atoms with Gasteiger partial charge in [-0.05, 0) is 55.1 Å². The molecule has 3 heterocycles. The molecule has 140 valence electrons. The fraction of sp³-hybridized carbons (Fsp3) is 0.333. The van der Waals surface area contributed by atoms with Gasteiger partial charge in [0.25, 0.3) is 0 Å². The molecule has 1 N–H and O–H groups in total. The second-order valence-electron chi connectivity index (χ2n) is 6.79. The maximum absolute atomic E-state index is 6.29. The summed E-state index contributed by atoms with van der Waals surface area (Å²) in [7, 11) is 0. The monoisotopic (exact) mass is 382 g/mol. The summed E-state index contributed by atoms with van der Waals surface area (Å²) in [5, 5.41) is 7.79. The Hall–Kier alpha value is -2.37. The SMILES string of the molecule is Clc1cccc2c1CCN(CCCCOc1cccc(-c3ccn[nH]3)n1)C2. The summed E-state index contributed by atoms with van der Waals surface area (Å²) >= 11 is 6.29. The molecule has 0 fully saturated rings. The van der Waals surface area contributed by atoms with Gasteiger partial charge in [-0.15, -0.1) is 0 Å². The number of hydrogen-bond donors (Lipinski definition) is 1. The van der Waals surface area contributed by atoms with E-state index in [1.54, 1.807) is 6.20 Å². The largest absolute Gasteiger partial charge is 0.478 e. The minimum Gasteiger partial charge on any atom is -0.478 e. The maximum Gasteiger partial charge on any atom is 0.213 e. The molecule has 5 nitrogen and oxygen atoms in total. The number of aromatic nitrogens is 3. The van der Waals surface area contributed by atoms with Crippen LogP contribution in [0.25, 0.3) is 11.4 Å². The maximum atomic E-state index is 6.29. The van der Waals surface area contributed by atoms with Gasteiger partial charge in [0, 0.05) is 30.4 Å². The van der Waals surface area contributed by atoms with Gasteiger partial charge in [-0.25, -0.2) is 4.98 Å². The Kier molecular flexibility index (Phi) is 5.70. The smallest absolute Gasteiger partial charge is 0.213 e. The van der Waals surface area contributed by atoms with Crippen LogP contribution >= 0.6 is 11.6 Å². The second-order valence-corrected chi connectivity index (χ2v) is 7.20. The fourth-order valence-corrected chi connectivity index (χ4v) is 3.76. The summed E-state index contributed by atoms with van der Waals surface area (Å²) < 4.78 is 5.82. The van der Waals surface area contributed by atoms with E-state index < -0.39 is 0 Å². The summed E-state index contributed by atoms with van der Waals surface area (Å²) in [5.41, 5.74) is 4.42. The van der Waals surface area contributed by atoms with Crippen molar-refractivity contribution < 1.29 is 4.74 Å². The number of nitrogens with zero attached hydrogens (tertiary/aromatic N) is 3. The first-order valence-electron chi connectivity index (χ1n) is 9.38. The Morgan fingerprint density at radius 3 is 2.93 bits per heavy atom. The van der Waals surface area contributed by atoms with Crippen LogP contribution in [0.2, 0.25) is 5.02 Å². The van der Waals surface area contributed by atoms with Crippen LogP contribution in [0.4, 0.5) is 0 Å². The van der Waals surface area contributed by atoms with Gasteiger partial charge in [0.2, 0.25) is 5.88 Å². The number of aromatic amines is 1. The van der Waals surface area contributed by atoms with E-state index in [1.165, 1.54) is 11.1 Å². The molecule has 0 unspecified atom stereocenters. The Bertz CT molecular complexity index is 882. The van der Waals surface area contributed by atoms with Gasteiger partial charge in [0.1, 0.15) is 0 Å². The molecule has 0 saturated heterocycles. The molecule has 1 aromatic carbocycles. The summed E-state index contributed by atoms with van der Waals surface area (Å²) in [4.78, 5) is 7.02. The number of rotatable bonds is 7. The molecule has 1 aliphatic heterocycles. The third kappa shape index (κ3) is 4.49. The average Bonchev–Trinajstić information content (AvgIpc) is 3.23. The number of fused-ring (bicyclic) bond motifs is 1. The van der Waals surface area contributed by atoms with Gasteiger partial charge >= 0.3 is 0 Å². The number of unbranched alkanes of at least 4 members (excludes halogenated alkanes) is 1. The number of ether oxygens (including phenoxy) is 1. The molecule has 6 heteroatoms. The molecule has 0 radical (unpaired) electrons. The van der Waals surface area contributed by atoms with Gasteiger partial charge in [0.05, 0.1) is 18.0 Å². The van der Waals surface area contributed by atoms with Crippen LogP contribution in [0.15, 0.2) is 48.7 Å². The third-order valence-corrected chi connectivity index (χ3v) is 5.26. The summed E-state index contributed by atoms with van der Waals surface area (Å²) in [6.45, 7) is 3.82. The van der Waals surface area contributed by atoms with E-state index >= 15 is 0 Å². The Morgan fingerprint density at radius 1 is 1.11 bits per heavy atom. The van der Waals surface area contributed by atoms with Crippen LogP contribution in [0, 0.1) is 0 Å². The quantitative estimate of drug-likeness (QED) is 0.617. The van der Waals surface area contributed by atoms with E-state index in [0.29, 0.717) is 12.5 Å². The summed E-state index contributed by atoms with van der Waals surface area (Å²) in [5.74, 6) is 0.656. The standard InChI is InChI=1S/C21H23ClN4O/c22-18-6-3-5-16-15-26(13-10-17(16)18)12-1-2-14-27-21-8-4-7-19(24-21)20-9-11-23-25-20/h3-9,11H,1-2,10,12-15H2,(H,23,25). The van der Waals surface area contributed by atoms with Gasteiger partial charge in [-0.1, -0.05) is 29.8 Å². The van der Waals surface area contributed by atoms with E-state index in [2.05, 4.69) is 26.1 Å². The molecule has 0 spiro atoms. The predicted octanol–water partition coefficient (Wildman–Crippen LogP) is 4.34. The number of benzene rings is 1. The van der Waals surface area contributed by atoms with E-state index in [0.717, 1.165) is 55.3 Å². The minimum atomic E-state index is 0.656. The highest BCUT2D eigenvalue weighted by atomic mass is 35.5. The van der Waals surface area contributed by atoms with Crippen LogP contribution in [-0.2, 0) is 13.0 Å². The van der Waals surface area contributed by atoms with Crippen LogP contribution in [0.3, 0.4) is 0 Å². The van der Waals surface area contributed by atoms with E-state index in [9.17, 15) is 0 Å². The number of pyridine rings is 1.